The van der Waals surface area contributed by atoms with Crippen LogP contribution in [0.25, 0.3) is 11.3 Å². The third-order valence-electron chi connectivity index (χ3n) is 3.37. The van der Waals surface area contributed by atoms with Crippen LogP contribution in [0.4, 0.5) is 0 Å². The first kappa shape index (κ1) is 17.1. The molecule has 7 heteroatoms. The number of nitrogens with two attached hydrogens (primary N) is 2. The lowest BCUT2D eigenvalue weighted by atomic mass is 10.1. The van der Waals surface area contributed by atoms with Crippen molar-refractivity contribution in [3.8, 4) is 11.3 Å². The summed E-state index contributed by atoms with van der Waals surface area (Å²) in [6.07, 6.45) is 0. The number of carbonyl (C=O) groups is 3. The molecular weight excluding hydrogens is 308 g/mol. The maximum absolute atomic E-state index is 12.6. The number of hydrogen-bond donors (Lipinski definition) is 2. The molecule has 0 aliphatic heterocycles. The molecule has 24 heavy (non-hydrogen) atoms. The van der Waals surface area contributed by atoms with Crippen molar-refractivity contribution < 1.29 is 14.4 Å². The highest BCUT2D eigenvalue weighted by atomic mass is 16.2. The average Bonchev–Trinajstić information content (AvgIpc) is 2.53. The summed E-state index contributed by atoms with van der Waals surface area (Å²) in [5.41, 5.74) is 12.7. The van der Waals surface area contributed by atoms with Crippen LogP contribution >= 0.6 is 0 Å². The van der Waals surface area contributed by atoms with E-state index in [4.69, 9.17) is 11.5 Å². The van der Waals surface area contributed by atoms with Gasteiger partial charge in [-0.25, -0.2) is 0 Å². The first-order valence-electron chi connectivity index (χ1n) is 7.27. The Balaban J connectivity index is 2.31. The molecule has 0 atom stereocenters. The summed E-state index contributed by atoms with van der Waals surface area (Å²) >= 11 is 0. The van der Waals surface area contributed by atoms with Gasteiger partial charge in [0.25, 0.3) is 5.91 Å². The number of nitrogens with zero attached hydrogens (tertiary/aromatic N) is 2. The van der Waals surface area contributed by atoms with Gasteiger partial charge in [0, 0.05) is 5.56 Å². The summed E-state index contributed by atoms with van der Waals surface area (Å²) in [5.74, 6) is -1.97. The molecule has 0 bridgehead atoms. The smallest absolute Gasteiger partial charge is 0.256 e. The van der Waals surface area contributed by atoms with Crippen molar-refractivity contribution in [2.75, 3.05) is 13.1 Å². The molecule has 1 aromatic heterocycles. The molecule has 2 aromatic rings. The first-order valence-corrected chi connectivity index (χ1v) is 7.27. The first-order chi connectivity index (χ1) is 11.4. The van der Waals surface area contributed by atoms with Crippen molar-refractivity contribution in [1.82, 2.24) is 9.88 Å². The van der Waals surface area contributed by atoms with Gasteiger partial charge in [0.1, 0.15) is 13.1 Å². The van der Waals surface area contributed by atoms with E-state index >= 15 is 0 Å². The Labute approximate surface area is 139 Å². The van der Waals surface area contributed by atoms with E-state index in [-0.39, 0.29) is 18.7 Å². The largest absolute Gasteiger partial charge is 0.368 e. The molecule has 3 amide bonds. The maximum Gasteiger partial charge on any atom is 0.256 e. The van der Waals surface area contributed by atoms with Gasteiger partial charge < -0.3 is 16.4 Å². The van der Waals surface area contributed by atoms with Crippen molar-refractivity contribution in [3.05, 3.63) is 53.7 Å². The molecule has 1 heterocycles. The highest BCUT2D eigenvalue weighted by molar-refractivity contribution is 5.99. The van der Waals surface area contributed by atoms with Crippen LogP contribution in [0.5, 0.6) is 0 Å². The molecule has 1 aromatic carbocycles. The Bertz CT molecular complexity index is 759. The number of hydrogen-bond acceptors (Lipinski definition) is 4. The van der Waals surface area contributed by atoms with Crippen LogP contribution in [0.15, 0.2) is 42.5 Å². The fraction of sp³-hybridized carbons (Fsp3) is 0.176. The van der Waals surface area contributed by atoms with Crippen LogP contribution in [0.2, 0.25) is 0 Å². The minimum absolute atomic E-state index is 0.289. The maximum atomic E-state index is 12.6. The summed E-state index contributed by atoms with van der Waals surface area (Å²) in [5, 5.41) is 0. The Hall–Kier alpha value is -3.22. The van der Waals surface area contributed by atoms with Gasteiger partial charge in [-0.15, -0.1) is 0 Å². The summed E-state index contributed by atoms with van der Waals surface area (Å²) in [6.45, 7) is 0.912. The molecule has 0 aliphatic rings. The zero-order valence-corrected chi connectivity index (χ0v) is 13.2. The molecule has 0 spiro atoms. The second kappa shape index (κ2) is 7.36. The summed E-state index contributed by atoms with van der Waals surface area (Å²) in [7, 11) is 0. The summed E-state index contributed by atoms with van der Waals surface area (Å²) in [6, 6.07) is 12.8. The van der Waals surface area contributed by atoms with Crippen LogP contribution in [-0.2, 0) is 9.59 Å². The molecule has 2 rings (SSSR count). The van der Waals surface area contributed by atoms with Gasteiger partial charge in [-0.05, 0) is 19.1 Å². The van der Waals surface area contributed by atoms with E-state index < -0.39 is 17.7 Å². The Morgan fingerprint density at radius 3 is 2.04 bits per heavy atom. The van der Waals surface area contributed by atoms with E-state index in [0.717, 1.165) is 16.2 Å². The molecule has 0 radical (unpaired) electrons. The van der Waals surface area contributed by atoms with E-state index in [1.807, 2.05) is 30.3 Å². The minimum atomic E-state index is -0.726. The van der Waals surface area contributed by atoms with Gasteiger partial charge >= 0.3 is 0 Å². The molecule has 4 N–H and O–H groups in total. The highest BCUT2D eigenvalue weighted by Crippen LogP contribution is 2.19. The average molecular weight is 326 g/mol. The summed E-state index contributed by atoms with van der Waals surface area (Å²) < 4.78 is 0. The number of primary amides is 2. The van der Waals surface area contributed by atoms with Gasteiger partial charge in [0.2, 0.25) is 11.8 Å². The molecule has 0 saturated heterocycles. The van der Waals surface area contributed by atoms with Crippen LogP contribution in [0.1, 0.15) is 16.1 Å². The number of pyridine rings is 1. The zero-order valence-electron chi connectivity index (χ0n) is 13.2. The minimum Gasteiger partial charge on any atom is -0.368 e. The van der Waals surface area contributed by atoms with Gasteiger partial charge in [0.05, 0.1) is 17.0 Å². The lowest BCUT2D eigenvalue weighted by molar-refractivity contribution is -0.121. The van der Waals surface area contributed by atoms with Crippen molar-refractivity contribution in [2.45, 2.75) is 6.92 Å². The van der Waals surface area contributed by atoms with E-state index in [2.05, 4.69) is 4.98 Å². The summed E-state index contributed by atoms with van der Waals surface area (Å²) in [4.78, 5) is 40.2. The normalized spacial score (nSPS) is 10.2. The number of rotatable bonds is 6. The molecule has 0 unspecified atom stereocenters. The highest BCUT2D eigenvalue weighted by Gasteiger charge is 2.21. The molecular formula is C17H18N4O3. The molecule has 0 aliphatic carbocycles. The van der Waals surface area contributed by atoms with Crippen LogP contribution in [0, 0.1) is 6.92 Å². The molecule has 124 valence electrons. The third-order valence-corrected chi connectivity index (χ3v) is 3.37. The van der Waals surface area contributed by atoms with Crippen LogP contribution in [-0.4, -0.2) is 40.7 Å². The lowest BCUT2D eigenvalue weighted by Gasteiger charge is -2.20. The lowest BCUT2D eigenvalue weighted by Crippen LogP contribution is -2.43. The Morgan fingerprint density at radius 2 is 1.54 bits per heavy atom. The zero-order chi connectivity index (χ0) is 17.7. The fourth-order valence-corrected chi connectivity index (χ4v) is 2.30. The van der Waals surface area contributed by atoms with E-state index in [1.165, 1.54) is 0 Å². The standard InChI is InChI=1S/C17H18N4O3/c1-11-13(17(24)21(9-15(18)22)10-16(19)23)7-8-14(20-11)12-5-3-2-4-6-12/h2-8H,9-10H2,1H3,(H2,18,22)(H2,19,23). The second-order valence-electron chi connectivity index (χ2n) is 5.29. The Morgan fingerprint density at radius 1 is 0.958 bits per heavy atom. The van der Waals surface area contributed by atoms with Gasteiger partial charge in [-0.2, -0.15) is 0 Å². The fourth-order valence-electron chi connectivity index (χ4n) is 2.30. The van der Waals surface area contributed by atoms with Gasteiger partial charge in [0.15, 0.2) is 0 Å². The monoisotopic (exact) mass is 326 g/mol. The number of aromatic nitrogens is 1. The van der Waals surface area contributed by atoms with Gasteiger partial charge in [-0.3, -0.25) is 19.4 Å². The number of benzene rings is 1. The second-order valence-corrected chi connectivity index (χ2v) is 5.29. The van der Waals surface area contributed by atoms with Crippen molar-refractivity contribution in [1.29, 1.82) is 0 Å². The van der Waals surface area contributed by atoms with Crippen LogP contribution in [0.3, 0.4) is 0 Å². The Kier molecular flexibility index (Phi) is 5.26. The van der Waals surface area contributed by atoms with Crippen molar-refractivity contribution >= 4 is 17.7 Å². The number of carbonyl (C=O) groups excluding carboxylic acids is 3. The SMILES string of the molecule is Cc1nc(-c2ccccc2)ccc1C(=O)N(CC(N)=O)CC(N)=O. The predicted octanol–water partition coefficient (Wildman–Crippen LogP) is 0.470. The number of aryl methyl sites for hydroxylation is 1. The topological polar surface area (TPSA) is 119 Å². The van der Waals surface area contributed by atoms with E-state index in [1.54, 1.807) is 19.1 Å². The van der Waals surface area contributed by atoms with Crippen LogP contribution < -0.4 is 11.5 Å². The molecule has 0 saturated carbocycles. The molecule has 7 nitrogen and oxygen atoms in total. The van der Waals surface area contributed by atoms with Gasteiger partial charge in [-0.1, -0.05) is 30.3 Å². The predicted molar refractivity (Wildman–Crippen MR) is 88.7 cm³/mol. The van der Waals surface area contributed by atoms with Crippen molar-refractivity contribution in [2.24, 2.45) is 11.5 Å². The van der Waals surface area contributed by atoms with Crippen molar-refractivity contribution in [3.63, 3.8) is 0 Å². The third kappa shape index (κ3) is 4.16. The quantitative estimate of drug-likeness (QED) is 0.801. The van der Waals surface area contributed by atoms with E-state index in [0.29, 0.717) is 5.69 Å². The number of amides is 3. The van der Waals surface area contributed by atoms with E-state index in [9.17, 15) is 14.4 Å². The molecule has 0 fully saturated rings.